The first kappa shape index (κ1) is 15.9. The topological polar surface area (TPSA) is 20.3 Å². The van der Waals surface area contributed by atoms with Crippen molar-refractivity contribution in [2.75, 3.05) is 4.90 Å². The maximum absolute atomic E-state index is 13.6. The number of benzene rings is 2. The molecule has 5 fully saturated rings. The van der Waals surface area contributed by atoms with Crippen LogP contribution in [-0.4, -0.2) is 5.91 Å². The van der Waals surface area contributed by atoms with Crippen molar-refractivity contribution in [3.63, 3.8) is 0 Å². The number of anilines is 1. The molecule has 0 unspecified atom stereocenters. The highest BCUT2D eigenvalue weighted by Crippen LogP contribution is 2.67. The first-order valence-electron chi connectivity index (χ1n) is 10.7. The number of hydrogen-bond donors (Lipinski definition) is 0. The second-order valence-electron chi connectivity index (χ2n) is 9.66. The lowest BCUT2D eigenvalue weighted by atomic mass is 9.44. The zero-order chi connectivity index (χ0) is 18.0. The minimum Gasteiger partial charge on any atom is -0.304 e. The molecule has 2 heteroatoms. The molecule has 4 saturated carbocycles. The number of carbonyl (C=O) groups excluding carboxylic acids is 1. The molecule has 0 aromatic heterocycles. The first-order chi connectivity index (χ1) is 13.2. The Morgan fingerprint density at radius 2 is 1.26 bits per heavy atom. The zero-order valence-electron chi connectivity index (χ0n) is 15.8. The Labute approximate surface area is 161 Å². The van der Waals surface area contributed by atoms with E-state index in [-0.39, 0.29) is 17.4 Å². The van der Waals surface area contributed by atoms with Gasteiger partial charge in [0.2, 0.25) is 5.91 Å². The van der Waals surface area contributed by atoms with E-state index in [1.165, 1.54) is 44.1 Å². The summed E-state index contributed by atoms with van der Waals surface area (Å²) < 4.78 is 0. The minimum atomic E-state index is 0.175. The van der Waals surface area contributed by atoms with Crippen molar-refractivity contribution in [3.8, 4) is 0 Å². The second-order valence-corrected chi connectivity index (χ2v) is 9.66. The molecule has 1 saturated heterocycles. The van der Waals surface area contributed by atoms with Crippen LogP contribution in [-0.2, 0) is 4.79 Å². The molecule has 5 aliphatic rings. The van der Waals surface area contributed by atoms with Crippen LogP contribution in [0.25, 0.3) is 0 Å². The second kappa shape index (κ2) is 5.70. The van der Waals surface area contributed by atoms with Crippen molar-refractivity contribution in [1.29, 1.82) is 0 Å². The molecule has 2 atom stereocenters. The van der Waals surface area contributed by atoms with Crippen molar-refractivity contribution < 1.29 is 4.79 Å². The van der Waals surface area contributed by atoms with Gasteiger partial charge < -0.3 is 4.90 Å². The smallest absolute Gasteiger partial charge is 0.233 e. The molecule has 2 aromatic carbocycles. The number of β-lactam (4-membered cyclic amide) rings is 1. The van der Waals surface area contributed by atoms with Gasteiger partial charge in [0.25, 0.3) is 0 Å². The normalized spacial score (nSPS) is 39.5. The van der Waals surface area contributed by atoms with Crippen LogP contribution < -0.4 is 4.90 Å². The summed E-state index contributed by atoms with van der Waals surface area (Å²) in [5.74, 6) is 3.19. The SMILES string of the molecule is O=C1[C@H](C23CC4CC(CC(C4)C2)C3)[C@@H](c2ccccc2)N1c1ccccc1. The predicted octanol–water partition coefficient (Wildman–Crippen LogP) is 5.61. The van der Waals surface area contributed by atoms with Gasteiger partial charge in [-0.05, 0) is 79.4 Å². The van der Waals surface area contributed by atoms with E-state index < -0.39 is 0 Å². The quantitative estimate of drug-likeness (QED) is 0.654. The van der Waals surface area contributed by atoms with Crippen LogP contribution in [0.15, 0.2) is 60.7 Å². The van der Waals surface area contributed by atoms with Gasteiger partial charge in [0.05, 0.1) is 12.0 Å². The van der Waals surface area contributed by atoms with Crippen LogP contribution in [0.1, 0.15) is 50.1 Å². The van der Waals surface area contributed by atoms with Crippen molar-refractivity contribution in [1.82, 2.24) is 0 Å². The number of hydrogen-bond acceptors (Lipinski definition) is 1. The maximum Gasteiger partial charge on any atom is 0.233 e. The van der Waals surface area contributed by atoms with Gasteiger partial charge in [-0.25, -0.2) is 0 Å². The fraction of sp³-hybridized carbons (Fsp3) is 0.480. The van der Waals surface area contributed by atoms with Crippen molar-refractivity contribution in [2.24, 2.45) is 29.1 Å². The van der Waals surface area contributed by atoms with Gasteiger partial charge in [-0.1, -0.05) is 48.5 Å². The highest BCUT2D eigenvalue weighted by Gasteiger charge is 2.63. The molecule has 4 bridgehead atoms. The highest BCUT2D eigenvalue weighted by atomic mass is 16.2. The van der Waals surface area contributed by atoms with Gasteiger partial charge in [-0.2, -0.15) is 0 Å². The summed E-state index contributed by atoms with van der Waals surface area (Å²) in [5, 5.41) is 0. The summed E-state index contributed by atoms with van der Waals surface area (Å²) in [4.78, 5) is 15.7. The average Bonchev–Trinajstić information content (AvgIpc) is 2.66. The van der Waals surface area contributed by atoms with Crippen LogP contribution in [0.5, 0.6) is 0 Å². The van der Waals surface area contributed by atoms with E-state index >= 15 is 0 Å². The third-order valence-corrected chi connectivity index (χ3v) is 8.02. The van der Waals surface area contributed by atoms with E-state index in [2.05, 4.69) is 47.4 Å². The molecule has 27 heavy (non-hydrogen) atoms. The molecule has 1 amide bonds. The molecular weight excluding hydrogens is 330 g/mol. The summed E-state index contributed by atoms with van der Waals surface area (Å²) in [6.07, 6.45) is 8.17. The van der Waals surface area contributed by atoms with Gasteiger partial charge in [-0.15, -0.1) is 0 Å². The number of carbonyl (C=O) groups is 1. The molecule has 2 aromatic rings. The van der Waals surface area contributed by atoms with E-state index in [9.17, 15) is 4.79 Å². The molecule has 0 radical (unpaired) electrons. The standard InChI is InChI=1S/C25H27NO/c27-24-22(25-14-17-11-18(15-25)13-19(12-17)16-25)23(20-7-3-1-4-8-20)26(24)21-9-5-2-6-10-21/h1-10,17-19,22-23H,11-16H2/t17?,18?,19?,22-,23-,25?/m1/s1. The summed E-state index contributed by atoms with van der Waals surface area (Å²) in [5.41, 5.74) is 2.62. The Bertz CT molecular complexity index is 823. The lowest BCUT2D eigenvalue weighted by Crippen LogP contribution is -2.65. The summed E-state index contributed by atoms with van der Waals surface area (Å²) in [6.45, 7) is 0. The van der Waals surface area contributed by atoms with Gasteiger partial charge in [0, 0.05) is 5.69 Å². The lowest BCUT2D eigenvalue weighted by molar-refractivity contribution is -0.153. The molecule has 0 spiro atoms. The van der Waals surface area contributed by atoms with Gasteiger partial charge >= 0.3 is 0 Å². The third-order valence-electron chi connectivity index (χ3n) is 8.02. The number of amides is 1. The Morgan fingerprint density at radius 3 is 1.81 bits per heavy atom. The van der Waals surface area contributed by atoms with Crippen molar-refractivity contribution >= 4 is 11.6 Å². The zero-order valence-corrected chi connectivity index (χ0v) is 15.8. The van der Waals surface area contributed by atoms with Crippen LogP contribution in [0.4, 0.5) is 5.69 Å². The number of rotatable bonds is 3. The van der Waals surface area contributed by atoms with Crippen LogP contribution in [0.3, 0.4) is 0 Å². The molecule has 138 valence electrons. The van der Waals surface area contributed by atoms with E-state index in [1.807, 2.05) is 18.2 Å². The molecule has 7 rings (SSSR count). The van der Waals surface area contributed by atoms with E-state index in [0.29, 0.717) is 5.91 Å². The number of para-hydroxylation sites is 1. The van der Waals surface area contributed by atoms with Crippen LogP contribution in [0.2, 0.25) is 0 Å². The average molecular weight is 357 g/mol. The Hall–Kier alpha value is -2.09. The van der Waals surface area contributed by atoms with Gasteiger partial charge in [0.15, 0.2) is 0 Å². The Kier molecular flexibility index (Phi) is 3.36. The fourth-order valence-electron chi connectivity index (χ4n) is 7.51. The Morgan fingerprint density at radius 1 is 0.741 bits per heavy atom. The van der Waals surface area contributed by atoms with Crippen molar-refractivity contribution in [2.45, 2.75) is 44.6 Å². The fourth-order valence-corrected chi connectivity index (χ4v) is 7.51. The van der Waals surface area contributed by atoms with Crippen LogP contribution >= 0.6 is 0 Å². The molecule has 0 N–H and O–H groups in total. The largest absolute Gasteiger partial charge is 0.304 e. The van der Waals surface area contributed by atoms with Crippen molar-refractivity contribution in [3.05, 3.63) is 66.2 Å². The summed E-state index contributed by atoms with van der Waals surface area (Å²) >= 11 is 0. The minimum absolute atomic E-state index is 0.175. The summed E-state index contributed by atoms with van der Waals surface area (Å²) in [6, 6.07) is 21.3. The van der Waals surface area contributed by atoms with Gasteiger partial charge in [-0.3, -0.25) is 4.79 Å². The van der Waals surface area contributed by atoms with Gasteiger partial charge in [0.1, 0.15) is 0 Å². The maximum atomic E-state index is 13.6. The first-order valence-corrected chi connectivity index (χ1v) is 10.7. The molecule has 1 aliphatic heterocycles. The van der Waals surface area contributed by atoms with Crippen LogP contribution in [0, 0.1) is 29.1 Å². The molecule has 1 heterocycles. The highest BCUT2D eigenvalue weighted by molar-refractivity contribution is 6.03. The third kappa shape index (κ3) is 2.28. The lowest BCUT2D eigenvalue weighted by Gasteiger charge is -2.64. The summed E-state index contributed by atoms with van der Waals surface area (Å²) in [7, 11) is 0. The van der Waals surface area contributed by atoms with E-state index in [4.69, 9.17) is 0 Å². The molecule has 2 nitrogen and oxygen atoms in total. The number of nitrogens with zero attached hydrogens (tertiary/aromatic N) is 1. The molecule has 4 aliphatic carbocycles. The van der Waals surface area contributed by atoms with E-state index in [0.717, 1.165) is 23.4 Å². The molecular formula is C25H27NO. The van der Waals surface area contributed by atoms with E-state index in [1.54, 1.807) is 0 Å². The Balaban J connectivity index is 1.42. The monoisotopic (exact) mass is 357 g/mol. The predicted molar refractivity (Wildman–Crippen MR) is 107 cm³/mol.